The van der Waals surface area contributed by atoms with Gasteiger partial charge in [-0.15, -0.1) is 0 Å². The summed E-state index contributed by atoms with van der Waals surface area (Å²) in [6, 6.07) is 1.74. The standard InChI is InChI=1S/C15H23BrN2O4/c1-4-22-7-5-6-18(9-11(2)15(20)21)14(19)13-8-12(16)10-17(13)3/h8,10-11H,4-7,9H2,1-3H3,(H,20,21). The van der Waals surface area contributed by atoms with E-state index >= 15 is 0 Å². The summed E-state index contributed by atoms with van der Waals surface area (Å²) in [5, 5.41) is 9.08. The van der Waals surface area contributed by atoms with Crippen molar-refractivity contribution in [2.75, 3.05) is 26.3 Å². The molecule has 7 heteroatoms. The van der Waals surface area contributed by atoms with Crippen molar-refractivity contribution in [3.05, 3.63) is 22.4 Å². The highest BCUT2D eigenvalue weighted by molar-refractivity contribution is 9.10. The van der Waals surface area contributed by atoms with E-state index in [1.165, 1.54) is 0 Å². The number of aryl methyl sites for hydroxylation is 1. The molecule has 1 amide bonds. The number of ether oxygens (including phenoxy) is 1. The minimum absolute atomic E-state index is 0.169. The van der Waals surface area contributed by atoms with E-state index in [2.05, 4.69) is 15.9 Å². The predicted octanol–water partition coefficient (Wildman–Crippen LogP) is 2.38. The molecule has 0 radical (unpaired) electrons. The van der Waals surface area contributed by atoms with Gasteiger partial charge in [0, 0.05) is 44.0 Å². The summed E-state index contributed by atoms with van der Waals surface area (Å²) in [5.41, 5.74) is 0.529. The van der Waals surface area contributed by atoms with Gasteiger partial charge in [-0.2, -0.15) is 0 Å². The highest BCUT2D eigenvalue weighted by Gasteiger charge is 2.23. The van der Waals surface area contributed by atoms with E-state index in [1.807, 2.05) is 6.92 Å². The fourth-order valence-electron chi connectivity index (χ4n) is 2.09. The molecule has 1 N–H and O–H groups in total. The van der Waals surface area contributed by atoms with Gasteiger partial charge in [0.05, 0.1) is 5.92 Å². The van der Waals surface area contributed by atoms with Gasteiger partial charge in [0.25, 0.3) is 5.91 Å². The molecule has 124 valence electrons. The van der Waals surface area contributed by atoms with Gasteiger partial charge >= 0.3 is 5.97 Å². The molecule has 1 unspecified atom stereocenters. The van der Waals surface area contributed by atoms with E-state index in [0.29, 0.717) is 31.9 Å². The predicted molar refractivity (Wildman–Crippen MR) is 86.9 cm³/mol. The third-order valence-electron chi connectivity index (χ3n) is 3.31. The Hall–Kier alpha value is -1.34. The average Bonchev–Trinajstić information content (AvgIpc) is 2.79. The van der Waals surface area contributed by atoms with Crippen LogP contribution >= 0.6 is 15.9 Å². The van der Waals surface area contributed by atoms with E-state index in [9.17, 15) is 9.59 Å². The number of rotatable bonds is 9. The van der Waals surface area contributed by atoms with Gasteiger partial charge in [0.15, 0.2) is 0 Å². The topological polar surface area (TPSA) is 71.8 Å². The average molecular weight is 375 g/mol. The number of halogens is 1. The minimum Gasteiger partial charge on any atom is -0.481 e. The van der Waals surface area contributed by atoms with Crippen molar-refractivity contribution in [1.29, 1.82) is 0 Å². The second-order valence-corrected chi connectivity index (χ2v) is 6.11. The molecule has 1 rings (SSSR count). The van der Waals surface area contributed by atoms with Crippen molar-refractivity contribution in [3.8, 4) is 0 Å². The molecule has 0 aromatic carbocycles. The molecule has 0 saturated heterocycles. The molecule has 0 aliphatic heterocycles. The molecule has 22 heavy (non-hydrogen) atoms. The van der Waals surface area contributed by atoms with E-state index in [4.69, 9.17) is 9.84 Å². The van der Waals surface area contributed by atoms with Crippen molar-refractivity contribution in [2.45, 2.75) is 20.3 Å². The lowest BCUT2D eigenvalue weighted by atomic mass is 10.1. The maximum Gasteiger partial charge on any atom is 0.308 e. The first-order valence-electron chi connectivity index (χ1n) is 7.28. The van der Waals surface area contributed by atoms with Crippen LogP contribution in [0.4, 0.5) is 0 Å². The third kappa shape index (κ3) is 5.46. The molecule has 0 bridgehead atoms. The maximum atomic E-state index is 12.7. The van der Waals surface area contributed by atoms with Crippen LogP contribution in [0.3, 0.4) is 0 Å². The van der Waals surface area contributed by atoms with E-state index in [0.717, 1.165) is 4.47 Å². The first kappa shape index (κ1) is 18.7. The van der Waals surface area contributed by atoms with Crippen molar-refractivity contribution < 1.29 is 19.4 Å². The smallest absolute Gasteiger partial charge is 0.308 e. The van der Waals surface area contributed by atoms with Crippen molar-refractivity contribution in [3.63, 3.8) is 0 Å². The molecule has 1 aromatic rings. The first-order valence-corrected chi connectivity index (χ1v) is 8.07. The molecule has 1 heterocycles. The summed E-state index contributed by atoms with van der Waals surface area (Å²) in [5.74, 6) is -1.69. The Balaban J connectivity index is 2.80. The number of aromatic nitrogens is 1. The Bertz CT molecular complexity index is 516. The van der Waals surface area contributed by atoms with Gasteiger partial charge in [-0.05, 0) is 35.3 Å². The lowest BCUT2D eigenvalue weighted by Crippen LogP contribution is -2.38. The summed E-state index contributed by atoms with van der Waals surface area (Å²) < 4.78 is 7.83. The van der Waals surface area contributed by atoms with E-state index in [1.54, 1.807) is 35.7 Å². The first-order chi connectivity index (χ1) is 10.4. The van der Waals surface area contributed by atoms with Crippen LogP contribution in [0.5, 0.6) is 0 Å². The molecule has 6 nitrogen and oxygen atoms in total. The summed E-state index contributed by atoms with van der Waals surface area (Å²) >= 11 is 3.34. The van der Waals surface area contributed by atoms with Crippen molar-refractivity contribution in [2.24, 2.45) is 13.0 Å². The summed E-state index contributed by atoms with van der Waals surface area (Å²) in [6.45, 7) is 5.36. The van der Waals surface area contributed by atoms with Gasteiger partial charge in [-0.3, -0.25) is 9.59 Å². The van der Waals surface area contributed by atoms with E-state index in [-0.39, 0.29) is 12.5 Å². The zero-order chi connectivity index (χ0) is 16.7. The van der Waals surface area contributed by atoms with Gasteiger partial charge < -0.3 is 19.3 Å². The molecule has 1 aromatic heterocycles. The van der Waals surface area contributed by atoms with Crippen LogP contribution in [-0.2, 0) is 16.6 Å². The number of aliphatic carboxylic acids is 1. The Labute approximate surface area is 139 Å². The van der Waals surface area contributed by atoms with Crippen LogP contribution in [-0.4, -0.2) is 52.8 Å². The van der Waals surface area contributed by atoms with Crippen molar-refractivity contribution in [1.82, 2.24) is 9.47 Å². The molecule has 0 aliphatic carbocycles. The molecule has 0 saturated carbocycles. The molecule has 0 fully saturated rings. The minimum atomic E-state index is -0.907. The van der Waals surface area contributed by atoms with Crippen LogP contribution in [0.25, 0.3) is 0 Å². The van der Waals surface area contributed by atoms with Crippen LogP contribution in [0.15, 0.2) is 16.7 Å². The number of carbonyl (C=O) groups is 2. The van der Waals surface area contributed by atoms with Crippen LogP contribution in [0, 0.1) is 5.92 Å². The van der Waals surface area contributed by atoms with Gasteiger partial charge in [0.1, 0.15) is 5.69 Å². The molecular weight excluding hydrogens is 352 g/mol. The molecule has 0 aliphatic rings. The zero-order valence-corrected chi connectivity index (χ0v) is 14.8. The van der Waals surface area contributed by atoms with Crippen molar-refractivity contribution >= 4 is 27.8 Å². The summed E-state index contributed by atoms with van der Waals surface area (Å²) in [4.78, 5) is 25.3. The summed E-state index contributed by atoms with van der Waals surface area (Å²) in [6.07, 6.45) is 2.48. The summed E-state index contributed by atoms with van der Waals surface area (Å²) in [7, 11) is 1.79. The number of nitrogens with zero attached hydrogens (tertiary/aromatic N) is 2. The Morgan fingerprint density at radius 2 is 2.18 bits per heavy atom. The Morgan fingerprint density at radius 1 is 1.50 bits per heavy atom. The Kier molecular flexibility index (Phi) is 7.61. The number of hydrogen-bond acceptors (Lipinski definition) is 3. The quantitative estimate of drug-likeness (QED) is 0.673. The number of carboxylic acid groups (broad SMARTS) is 1. The maximum absolute atomic E-state index is 12.7. The second-order valence-electron chi connectivity index (χ2n) is 5.20. The van der Waals surface area contributed by atoms with Crippen LogP contribution in [0.1, 0.15) is 30.8 Å². The second kappa shape index (κ2) is 8.95. The molecule has 1 atom stereocenters. The monoisotopic (exact) mass is 374 g/mol. The van der Waals surface area contributed by atoms with Crippen LogP contribution in [0.2, 0.25) is 0 Å². The Morgan fingerprint density at radius 3 is 2.68 bits per heavy atom. The van der Waals surface area contributed by atoms with Gasteiger partial charge in [-0.25, -0.2) is 0 Å². The largest absolute Gasteiger partial charge is 0.481 e. The fourth-order valence-corrected chi connectivity index (χ4v) is 2.61. The lowest BCUT2D eigenvalue weighted by Gasteiger charge is -2.24. The molecular formula is C15H23BrN2O4. The lowest BCUT2D eigenvalue weighted by molar-refractivity contribution is -0.141. The van der Waals surface area contributed by atoms with Gasteiger partial charge in [-0.1, -0.05) is 6.92 Å². The van der Waals surface area contributed by atoms with Crippen LogP contribution < -0.4 is 0 Å². The third-order valence-corrected chi connectivity index (χ3v) is 3.75. The normalized spacial score (nSPS) is 12.2. The number of carbonyl (C=O) groups excluding carboxylic acids is 1. The SMILES string of the molecule is CCOCCCN(CC(C)C(=O)O)C(=O)c1cc(Br)cn1C. The van der Waals surface area contributed by atoms with E-state index < -0.39 is 11.9 Å². The fraction of sp³-hybridized carbons (Fsp3) is 0.600. The number of hydrogen-bond donors (Lipinski definition) is 1. The highest BCUT2D eigenvalue weighted by Crippen LogP contribution is 2.16. The zero-order valence-electron chi connectivity index (χ0n) is 13.2. The molecule has 0 spiro atoms. The highest BCUT2D eigenvalue weighted by atomic mass is 79.9. The number of amides is 1. The van der Waals surface area contributed by atoms with Gasteiger partial charge in [0.2, 0.25) is 0 Å². The number of carboxylic acids is 1.